The molecule has 0 aliphatic carbocycles. The molecule has 1 atom stereocenters. The molecule has 2 aromatic heterocycles. The van der Waals surface area contributed by atoms with Gasteiger partial charge in [0.1, 0.15) is 5.82 Å². The summed E-state index contributed by atoms with van der Waals surface area (Å²) in [6.07, 6.45) is 6.10. The number of hydrogen-bond donors (Lipinski definition) is 2. The molecule has 124 valence electrons. The number of benzene rings is 1. The van der Waals surface area contributed by atoms with Crippen LogP contribution in [-0.2, 0) is 4.74 Å². The van der Waals surface area contributed by atoms with E-state index in [9.17, 15) is 0 Å². The molecule has 6 heteroatoms. The standard InChI is InChI=1S/C18H21N5O/c1-11-6-15-16(7-12(11)2)23-17(22-15)13-8-19-18(20-9-13)21-10-14-4-3-5-24-14/h6-9,14H,3-5,10H2,1-2H3,(H,22,23)(H,19,20,21)/t14-/m1/s1. The molecule has 1 aliphatic rings. The van der Waals surface area contributed by atoms with Gasteiger partial charge in [0, 0.05) is 25.5 Å². The molecule has 1 fully saturated rings. The van der Waals surface area contributed by atoms with Gasteiger partial charge in [0.15, 0.2) is 0 Å². The number of anilines is 1. The van der Waals surface area contributed by atoms with Gasteiger partial charge in [-0.15, -0.1) is 0 Å². The molecule has 2 N–H and O–H groups in total. The van der Waals surface area contributed by atoms with E-state index in [1.807, 2.05) is 0 Å². The predicted octanol–water partition coefficient (Wildman–Crippen LogP) is 3.23. The van der Waals surface area contributed by atoms with Crippen LogP contribution in [-0.4, -0.2) is 39.2 Å². The molecule has 0 unspecified atom stereocenters. The number of nitrogens with one attached hydrogen (secondary N) is 2. The van der Waals surface area contributed by atoms with E-state index in [2.05, 4.69) is 51.2 Å². The first kappa shape index (κ1) is 15.1. The summed E-state index contributed by atoms with van der Waals surface area (Å²) < 4.78 is 5.59. The summed E-state index contributed by atoms with van der Waals surface area (Å²) in [6, 6.07) is 4.22. The molecule has 1 saturated heterocycles. The predicted molar refractivity (Wildman–Crippen MR) is 94.1 cm³/mol. The second kappa shape index (κ2) is 6.20. The van der Waals surface area contributed by atoms with Gasteiger partial charge < -0.3 is 15.0 Å². The smallest absolute Gasteiger partial charge is 0.222 e. The molecule has 0 bridgehead atoms. The first-order chi connectivity index (χ1) is 11.7. The molecular formula is C18H21N5O. The van der Waals surface area contributed by atoms with Crippen LogP contribution in [0.3, 0.4) is 0 Å². The van der Waals surface area contributed by atoms with E-state index in [0.717, 1.165) is 48.4 Å². The molecule has 0 spiro atoms. The number of ether oxygens (including phenoxy) is 1. The molecular weight excluding hydrogens is 302 g/mol. The summed E-state index contributed by atoms with van der Waals surface area (Å²) >= 11 is 0. The largest absolute Gasteiger partial charge is 0.376 e. The molecule has 1 aliphatic heterocycles. The first-order valence-electron chi connectivity index (χ1n) is 8.34. The Labute approximate surface area is 140 Å². The van der Waals surface area contributed by atoms with Crippen LogP contribution in [0.4, 0.5) is 5.95 Å². The molecule has 6 nitrogen and oxygen atoms in total. The van der Waals surface area contributed by atoms with E-state index in [4.69, 9.17) is 4.74 Å². The Hall–Kier alpha value is -2.47. The fraction of sp³-hybridized carbons (Fsp3) is 0.389. The van der Waals surface area contributed by atoms with Crippen molar-refractivity contribution in [2.45, 2.75) is 32.8 Å². The van der Waals surface area contributed by atoms with Crippen molar-refractivity contribution >= 4 is 17.0 Å². The van der Waals surface area contributed by atoms with Gasteiger partial charge in [-0.1, -0.05) is 0 Å². The zero-order chi connectivity index (χ0) is 16.5. The summed E-state index contributed by atoms with van der Waals surface area (Å²) in [7, 11) is 0. The van der Waals surface area contributed by atoms with Crippen LogP contribution in [0, 0.1) is 13.8 Å². The van der Waals surface area contributed by atoms with Gasteiger partial charge in [-0.25, -0.2) is 15.0 Å². The van der Waals surface area contributed by atoms with Crippen molar-refractivity contribution in [3.63, 3.8) is 0 Å². The van der Waals surface area contributed by atoms with Gasteiger partial charge in [0.05, 0.1) is 22.7 Å². The van der Waals surface area contributed by atoms with Crippen molar-refractivity contribution in [2.75, 3.05) is 18.5 Å². The van der Waals surface area contributed by atoms with Crippen molar-refractivity contribution in [1.82, 2.24) is 19.9 Å². The first-order valence-corrected chi connectivity index (χ1v) is 8.34. The number of hydrogen-bond acceptors (Lipinski definition) is 5. The zero-order valence-corrected chi connectivity index (χ0v) is 14.0. The number of H-pyrrole nitrogens is 1. The van der Waals surface area contributed by atoms with Crippen LogP contribution in [0.25, 0.3) is 22.4 Å². The number of aromatic amines is 1. The minimum Gasteiger partial charge on any atom is -0.376 e. The highest BCUT2D eigenvalue weighted by atomic mass is 16.5. The third kappa shape index (κ3) is 2.97. The molecule has 24 heavy (non-hydrogen) atoms. The normalized spacial score (nSPS) is 17.5. The van der Waals surface area contributed by atoms with Gasteiger partial charge in [0.25, 0.3) is 0 Å². The average molecular weight is 323 g/mol. The number of aromatic nitrogens is 4. The Morgan fingerprint density at radius 2 is 2.00 bits per heavy atom. The van der Waals surface area contributed by atoms with E-state index in [1.54, 1.807) is 12.4 Å². The average Bonchev–Trinajstić information content (AvgIpc) is 3.23. The van der Waals surface area contributed by atoms with Crippen molar-refractivity contribution in [3.8, 4) is 11.4 Å². The van der Waals surface area contributed by atoms with Crippen molar-refractivity contribution in [1.29, 1.82) is 0 Å². The maximum Gasteiger partial charge on any atom is 0.222 e. The van der Waals surface area contributed by atoms with Gasteiger partial charge in [0.2, 0.25) is 5.95 Å². The van der Waals surface area contributed by atoms with Crippen molar-refractivity contribution in [2.24, 2.45) is 0 Å². The van der Waals surface area contributed by atoms with E-state index < -0.39 is 0 Å². The van der Waals surface area contributed by atoms with E-state index in [0.29, 0.717) is 5.95 Å². The molecule has 0 saturated carbocycles. The molecule has 4 rings (SSSR count). The fourth-order valence-corrected chi connectivity index (χ4v) is 2.96. The topological polar surface area (TPSA) is 75.7 Å². The number of rotatable bonds is 4. The molecule has 3 heterocycles. The van der Waals surface area contributed by atoms with Crippen LogP contribution >= 0.6 is 0 Å². The fourth-order valence-electron chi connectivity index (χ4n) is 2.96. The summed E-state index contributed by atoms with van der Waals surface area (Å²) in [5, 5.41) is 3.23. The van der Waals surface area contributed by atoms with Crippen molar-refractivity contribution < 1.29 is 4.74 Å². The third-order valence-corrected chi connectivity index (χ3v) is 4.53. The molecule has 1 aromatic carbocycles. The summed E-state index contributed by atoms with van der Waals surface area (Å²) in [5.74, 6) is 1.41. The lowest BCUT2D eigenvalue weighted by Gasteiger charge is -2.10. The van der Waals surface area contributed by atoms with Crippen LogP contribution in [0.15, 0.2) is 24.5 Å². The Morgan fingerprint density at radius 1 is 1.21 bits per heavy atom. The summed E-state index contributed by atoms with van der Waals surface area (Å²) in [4.78, 5) is 16.8. The third-order valence-electron chi connectivity index (χ3n) is 4.53. The highest BCUT2D eigenvalue weighted by Crippen LogP contribution is 2.22. The van der Waals surface area contributed by atoms with Crippen LogP contribution in [0.5, 0.6) is 0 Å². The summed E-state index contributed by atoms with van der Waals surface area (Å²) in [6.45, 7) is 5.81. The van der Waals surface area contributed by atoms with Crippen LogP contribution < -0.4 is 5.32 Å². The van der Waals surface area contributed by atoms with E-state index in [1.165, 1.54) is 11.1 Å². The van der Waals surface area contributed by atoms with E-state index in [-0.39, 0.29) is 6.10 Å². The monoisotopic (exact) mass is 323 g/mol. The number of aryl methyl sites for hydroxylation is 2. The minimum atomic E-state index is 0.273. The lowest BCUT2D eigenvalue weighted by molar-refractivity contribution is 0.120. The highest BCUT2D eigenvalue weighted by molar-refractivity contribution is 5.80. The molecule has 3 aromatic rings. The maximum atomic E-state index is 5.59. The van der Waals surface area contributed by atoms with Crippen LogP contribution in [0.2, 0.25) is 0 Å². The highest BCUT2D eigenvalue weighted by Gasteiger charge is 2.15. The van der Waals surface area contributed by atoms with Crippen molar-refractivity contribution in [3.05, 3.63) is 35.7 Å². The Morgan fingerprint density at radius 3 is 2.75 bits per heavy atom. The van der Waals surface area contributed by atoms with Gasteiger partial charge in [-0.05, 0) is 49.9 Å². The SMILES string of the molecule is Cc1cc2nc(-c3cnc(NC[C@H]4CCCO4)nc3)[nH]c2cc1C. The quantitative estimate of drug-likeness (QED) is 0.771. The summed E-state index contributed by atoms with van der Waals surface area (Å²) in [5.41, 5.74) is 5.37. The Balaban J connectivity index is 1.51. The second-order valence-electron chi connectivity index (χ2n) is 6.35. The maximum absolute atomic E-state index is 5.59. The number of imidazole rings is 1. The van der Waals surface area contributed by atoms with Gasteiger partial charge in [-0.2, -0.15) is 0 Å². The minimum absolute atomic E-state index is 0.273. The molecule has 0 radical (unpaired) electrons. The zero-order valence-electron chi connectivity index (χ0n) is 14.0. The Kier molecular flexibility index (Phi) is 3.90. The van der Waals surface area contributed by atoms with E-state index >= 15 is 0 Å². The number of nitrogens with zero attached hydrogens (tertiary/aromatic N) is 3. The van der Waals surface area contributed by atoms with Gasteiger partial charge in [-0.3, -0.25) is 0 Å². The molecule has 0 amide bonds. The second-order valence-corrected chi connectivity index (χ2v) is 6.35. The van der Waals surface area contributed by atoms with Gasteiger partial charge >= 0.3 is 0 Å². The Bertz CT molecular complexity index is 811. The van der Waals surface area contributed by atoms with Crippen LogP contribution in [0.1, 0.15) is 24.0 Å². The number of fused-ring (bicyclic) bond motifs is 1. The lowest BCUT2D eigenvalue weighted by atomic mass is 10.1. The lowest BCUT2D eigenvalue weighted by Crippen LogP contribution is -2.19.